The molecule has 136 valence electrons. The van der Waals surface area contributed by atoms with Crippen LogP contribution in [0.25, 0.3) is 10.2 Å². The minimum Gasteiger partial charge on any atom is -0.497 e. The highest BCUT2D eigenvalue weighted by molar-refractivity contribution is 7.21. The summed E-state index contributed by atoms with van der Waals surface area (Å²) in [5, 5.41) is 3.66. The largest absolute Gasteiger partial charge is 0.497 e. The number of carbonyl (C=O) groups excluding carboxylic acids is 1. The van der Waals surface area contributed by atoms with Gasteiger partial charge in [-0.05, 0) is 30.7 Å². The summed E-state index contributed by atoms with van der Waals surface area (Å²) in [5.74, 6) is 0.868. The lowest BCUT2D eigenvalue weighted by Gasteiger charge is -2.11. The summed E-state index contributed by atoms with van der Waals surface area (Å²) in [5.41, 5.74) is 8.17. The number of aryl methyl sites for hydroxylation is 1. The van der Waals surface area contributed by atoms with E-state index in [2.05, 4.69) is 17.2 Å². The van der Waals surface area contributed by atoms with Crippen LogP contribution in [-0.2, 0) is 6.42 Å². The lowest BCUT2D eigenvalue weighted by atomic mass is 10.2. The molecule has 2 aromatic heterocycles. The molecule has 0 aliphatic carbocycles. The normalized spacial score (nSPS) is 10.7. The summed E-state index contributed by atoms with van der Waals surface area (Å²) >= 11 is 1.29. The van der Waals surface area contributed by atoms with Crippen LogP contribution in [-0.4, -0.2) is 25.1 Å². The van der Waals surface area contributed by atoms with Gasteiger partial charge in [0.05, 0.1) is 25.6 Å². The van der Waals surface area contributed by atoms with Crippen molar-refractivity contribution < 1.29 is 14.3 Å². The Hall–Kier alpha value is -2.80. The van der Waals surface area contributed by atoms with E-state index < -0.39 is 0 Å². The maximum absolute atomic E-state index is 12.8. The van der Waals surface area contributed by atoms with Crippen molar-refractivity contribution >= 4 is 38.8 Å². The van der Waals surface area contributed by atoms with Gasteiger partial charge in [0, 0.05) is 17.1 Å². The molecule has 3 N–H and O–H groups in total. The van der Waals surface area contributed by atoms with E-state index in [0.717, 1.165) is 28.8 Å². The van der Waals surface area contributed by atoms with E-state index in [9.17, 15) is 4.79 Å². The van der Waals surface area contributed by atoms with Crippen molar-refractivity contribution in [3.63, 3.8) is 0 Å². The van der Waals surface area contributed by atoms with E-state index in [4.69, 9.17) is 15.2 Å². The Labute approximate surface area is 155 Å². The number of nitrogen functional groups attached to an aromatic ring is 1. The van der Waals surface area contributed by atoms with Crippen LogP contribution in [0.3, 0.4) is 0 Å². The summed E-state index contributed by atoms with van der Waals surface area (Å²) in [6, 6.07) is 9.10. The third kappa shape index (κ3) is 3.43. The molecule has 0 fully saturated rings. The molecule has 6 nitrogen and oxygen atoms in total. The number of carbonyl (C=O) groups is 1. The van der Waals surface area contributed by atoms with E-state index in [0.29, 0.717) is 27.8 Å². The molecule has 0 aliphatic heterocycles. The zero-order valence-electron chi connectivity index (χ0n) is 15.0. The van der Waals surface area contributed by atoms with Crippen molar-refractivity contribution in [3.05, 3.63) is 40.9 Å². The van der Waals surface area contributed by atoms with Crippen LogP contribution in [0.15, 0.2) is 30.3 Å². The number of pyridine rings is 1. The van der Waals surface area contributed by atoms with Gasteiger partial charge in [0.25, 0.3) is 5.91 Å². The molecule has 0 spiro atoms. The Morgan fingerprint density at radius 2 is 2.04 bits per heavy atom. The highest BCUT2D eigenvalue weighted by atomic mass is 32.1. The number of hydrogen-bond donors (Lipinski definition) is 2. The van der Waals surface area contributed by atoms with E-state index in [1.165, 1.54) is 11.3 Å². The summed E-state index contributed by atoms with van der Waals surface area (Å²) in [7, 11) is 3.11. The van der Waals surface area contributed by atoms with E-state index in [-0.39, 0.29) is 5.91 Å². The number of nitrogens with zero attached hydrogens (tertiary/aromatic N) is 1. The second-order valence-electron chi connectivity index (χ2n) is 5.77. The predicted octanol–water partition coefficient (Wildman–Crippen LogP) is 4.10. The zero-order chi connectivity index (χ0) is 18.7. The molecule has 3 rings (SSSR count). The predicted molar refractivity (Wildman–Crippen MR) is 106 cm³/mol. The molecule has 2 heterocycles. The van der Waals surface area contributed by atoms with Crippen molar-refractivity contribution in [2.75, 3.05) is 25.3 Å². The Kier molecular flexibility index (Phi) is 5.27. The number of fused-ring (bicyclic) bond motifs is 1. The molecule has 0 atom stereocenters. The quantitative estimate of drug-likeness (QED) is 0.681. The van der Waals surface area contributed by atoms with Crippen molar-refractivity contribution in [1.82, 2.24) is 4.98 Å². The first kappa shape index (κ1) is 18.0. The highest BCUT2D eigenvalue weighted by Crippen LogP contribution is 2.35. The number of amides is 1. The number of nitrogens with two attached hydrogens (primary N) is 1. The second kappa shape index (κ2) is 7.61. The van der Waals surface area contributed by atoms with Gasteiger partial charge in [0.2, 0.25) is 0 Å². The van der Waals surface area contributed by atoms with E-state index in [1.807, 2.05) is 12.1 Å². The van der Waals surface area contributed by atoms with Crippen LogP contribution >= 0.6 is 11.3 Å². The highest BCUT2D eigenvalue weighted by Gasteiger charge is 2.19. The first-order chi connectivity index (χ1) is 12.6. The number of ether oxygens (including phenoxy) is 2. The topological polar surface area (TPSA) is 86.5 Å². The van der Waals surface area contributed by atoms with Gasteiger partial charge in [-0.15, -0.1) is 11.3 Å². The molecule has 7 heteroatoms. The van der Waals surface area contributed by atoms with Crippen LogP contribution < -0.4 is 20.5 Å². The lowest BCUT2D eigenvalue weighted by Crippen LogP contribution is -2.12. The fraction of sp³-hybridized carbons (Fsp3) is 0.263. The monoisotopic (exact) mass is 371 g/mol. The van der Waals surface area contributed by atoms with Crippen LogP contribution in [0.2, 0.25) is 0 Å². The first-order valence-corrected chi connectivity index (χ1v) is 9.10. The number of methoxy groups -OCH3 is 2. The van der Waals surface area contributed by atoms with Crippen molar-refractivity contribution in [1.29, 1.82) is 0 Å². The van der Waals surface area contributed by atoms with Crippen LogP contribution in [0, 0.1) is 0 Å². The van der Waals surface area contributed by atoms with Gasteiger partial charge in [0.15, 0.2) is 0 Å². The summed E-state index contributed by atoms with van der Waals surface area (Å²) in [4.78, 5) is 18.6. The Morgan fingerprint density at radius 3 is 2.73 bits per heavy atom. The summed E-state index contributed by atoms with van der Waals surface area (Å²) in [6.07, 6.45) is 1.92. The number of nitrogens with one attached hydrogen (secondary N) is 1. The Morgan fingerprint density at radius 1 is 1.23 bits per heavy atom. The first-order valence-electron chi connectivity index (χ1n) is 8.28. The zero-order valence-corrected chi connectivity index (χ0v) is 15.8. The minimum atomic E-state index is -0.297. The summed E-state index contributed by atoms with van der Waals surface area (Å²) < 4.78 is 10.5. The molecule has 1 amide bonds. The molecule has 0 saturated carbocycles. The Bertz CT molecular complexity index is 953. The Balaban J connectivity index is 1.94. The number of aromatic nitrogens is 1. The van der Waals surface area contributed by atoms with Crippen LogP contribution in [0.4, 0.5) is 11.4 Å². The van der Waals surface area contributed by atoms with Gasteiger partial charge >= 0.3 is 0 Å². The fourth-order valence-corrected chi connectivity index (χ4v) is 3.70. The van der Waals surface area contributed by atoms with Crippen LogP contribution in [0.5, 0.6) is 11.5 Å². The fourth-order valence-electron chi connectivity index (χ4n) is 2.69. The van der Waals surface area contributed by atoms with Gasteiger partial charge in [-0.25, -0.2) is 4.98 Å². The molecule has 0 unspecified atom stereocenters. The molecule has 0 radical (unpaired) electrons. The molecule has 3 aromatic rings. The van der Waals surface area contributed by atoms with Crippen molar-refractivity contribution in [2.24, 2.45) is 0 Å². The second-order valence-corrected chi connectivity index (χ2v) is 6.77. The summed E-state index contributed by atoms with van der Waals surface area (Å²) in [6.45, 7) is 2.11. The molecular weight excluding hydrogens is 350 g/mol. The van der Waals surface area contributed by atoms with Crippen molar-refractivity contribution in [3.8, 4) is 11.5 Å². The number of thiophene rings is 1. The number of anilines is 2. The van der Waals surface area contributed by atoms with E-state index in [1.54, 1.807) is 32.4 Å². The molecule has 0 aliphatic rings. The molecule has 0 bridgehead atoms. The minimum absolute atomic E-state index is 0.297. The van der Waals surface area contributed by atoms with Gasteiger partial charge in [-0.2, -0.15) is 0 Å². The number of benzene rings is 1. The lowest BCUT2D eigenvalue weighted by molar-refractivity contribution is 0.103. The van der Waals surface area contributed by atoms with Gasteiger partial charge in [-0.3, -0.25) is 4.79 Å². The smallest absolute Gasteiger partial charge is 0.268 e. The van der Waals surface area contributed by atoms with Crippen molar-refractivity contribution in [2.45, 2.75) is 19.8 Å². The number of hydrogen-bond acceptors (Lipinski definition) is 6. The standard InChI is InChI=1S/C19H21N3O3S/c1-4-5-11-6-8-13-16(20)17(26-19(13)21-11)18(23)22-14-10-12(24-2)7-9-15(14)25-3/h6-10H,4-5,20H2,1-3H3,(H,22,23). The maximum Gasteiger partial charge on any atom is 0.268 e. The van der Waals surface area contributed by atoms with Gasteiger partial charge in [0.1, 0.15) is 21.2 Å². The molecule has 26 heavy (non-hydrogen) atoms. The average molecular weight is 371 g/mol. The third-order valence-electron chi connectivity index (χ3n) is 4.02. The molecular formula is C19H21N3O3S. The maximum atomic E-state index is 12.8. The SMILES string of the molecule is CCCc1ccc2c(N)c(C(=O)Nc3cc(OC)ccc3OC)sc2n1. The van der Waals surface area contributed by atoms with E-state index >= 15 is 0 Å². The van der Waals surface area contributed by atoms with Crippen LogP contribution in [0.1, 0.15) is 28.7 Å². The molecule has 1 aromatic carbocycles. The molecule has 0 saturated heterocycles. The number of rotatable bonds is 6. The average Bonchev–Trinajstić information content (AvgIpc) is 2.98. The van der Waals surface area contributed by atoms with Gasteiger partial charge in [-0.1, -0.05) is 13.3 Å². The third-order valence-corrected chi connectivity index (χ3v) is 5.13. The van der Waals surface area contributed by atoms with Gasteiger partial charge < -0.3 is 20.5 Å².